The molecule has 4 nitrogen and oxygen atoms in total. The first-order valence-electron chi connectivity index (χ1n) is 5.08. The van der Waals surface area contributed by atoms with Crippen LogP contribution >= 0.6 is 0 Å². The van der Waals surface area contributed by atoms with Crippen molar-refractivity contribution in [3.8, 4) is 0 Å². The second-order valence-electron chi connectivity index (χ2n) is 3.48. The monoisotopic (exact) mass is 246 g/mol. The third kappa shape index (κ3) is 9.78. The maximum atomic E-state index is 10.8. The summed E-state index contributed by atoms with van der Waals surface area (Å²) >= 11 is 0. The molecule has 1 N–H and O–H groups in total. The Morgan fingerprint density at radius 1 is 1.20 bits per heavy atom. The third-order valence-electron chi connectivity index (χ3n) is 2.22. The number of unbranched alkanes of at least 4 members (excludes halogenated alkanes) is 2. The summed E-state index contributed by atoms with van der Waals surface area (Å²) in [4.78, 5) is 0. The van der Waals surface area contributed by atoms with Crippen LogP contribution < -0.4 is 29.6 Å². The van der Waals surface area contributed by atoms with E-state index in [0.29, 0.717) is 25.7 Å². The van der Waals surface area contributed by atoms with Gasteiger partial charge in [0.05, 0.1) is 10.1 Å². The van der Waals surface area contributed by atoms with Crippen molar-refractivity contribution < 1.29 is 47.6 Å². The van der Waals surface area contributed by atoms with Gasteiger partial charge in [-0.25, -0.2) is 8.42 Å². The van der Waals surface area contributed by atoms with Gasteiger partial charge in [0.15, 0.2) is 0 Å². The fourth-order valence-corrected chi connectivity index (χ4v) is 2.26. The van der Waals surface area contributed by atoms with Crippen molar-refractivity contribution in [3.63, 3.8) is 0 Å². The molecule has 0 aromatic carbocycles. The van der Waals surface area contributed by atoms with Gasteiger partial charge >= 0.3 is 29.6 Å². The zero-order valence-electron chi connectivity index (χ0n) is 9.61. The van der Waals surface area contributed by atoms with Crippen molar-refractivity contribution in [2.45, 2.75) is 50.7 Å². The van der Waals surface area contributed by atoms with Crippen molar-refractivity contribution in [2.24, 2.45) is 0 Å². The van der Waals surface area contributed by atoms with E-state index in [-0.39, 0.29) is 36.2 Å². The molecular formula is C9H19NaO4S. The first-order valence-corrected chi connectivity index (χ1v) is 6.55. The summed E-state index contributed by atoms with van der Waals surface area (Å²) in [6.45, 7) is 2.02. The molecule has 0 aliphatic rings. The van der Waals surface area contributed by atoms with Crippen LogP contribution in [0.4, 0.5) is 0 Å². The second-order valence-corrected chi connectivity index (χ2v) is 5.13. The first kappa shape index (κ1) is 18.2. The van der Waals surface area contributed by atoms with Gasteiger partial charge in [0.25, 0.3) is 0 Å². The van der Waals surface area contributed by atoms with Crippen molar-refractivity contribution in [2.75, 3.05) is 6.61 Å². The fourth-order valence-electron chi connectivity index (χ4n) is 1.35. The van der Waals surface area contributed by atoms with Gasteiger partial charge in [0.2, 0.25) is 0 Å². The molecule has 0 aliphatic carbocycles. The van der Waals surface area contributed by atoms with E-state index in [1.165, 1.54) is 0 Å². The molecule has 1 unspecified atom stereocenters. The minimum atomic E-state index is -4.15. The van der Waals surface area contributed by atoms with E-state index in [1.54, 1.807) is 0 Å². The van der Waals surface area contributed by atoms with Crippen LogP contribution in [0.3, 0.4) is 0 Å². The minimum absolute atomic E-state index is 0. The molecule has 0 saturated carbocycles. The predicted molar refractivity (Wildman–Crippen MR) is 53.9 cm³/mol. The average molecular weight is 246 g/mol. The molecule has 6 heteroatoms. The van der Waals surface area contributed by atoms with E-state index >= 15 is 0 Å². The van der Waals surface area contributed by atoms with Gasteiger partial charge in [-0.1, -0.05) is 19.8 Å². The van der Waals surface area contributed by atoms with Gasteiger partial charge in [-0.15, -0.1) is 0 Å². The SMILES string of the molecule is CCCCC(CCCCO)S(=O)(=O)[O-].[Na+]. The Balaban J connectivity index is 0. The van der Waals surface area contributed by atoms with E-state index < -0.39 is 15.4 Å². The Bertz CT molecular complexity index is 228. The van der Waals surface area contributed by atoms with Gasteiger partial charge in [-0.05, 0) is 25.7 Å². The maximum Gasteiger partial charge on any atom is 1.00 e. The largest absolute Gasteiger partial charge is 1.00 e. The molecule has 0 radical (unpaired) electrons. The van der Waals surface area contributed by atoms with E-state index in [1.807, 2.05) is 6.92 Å². The smallest absolute Gasteiger partial charge is 0.748 e. The predicted octanol–water partition coefficient (Wildman–Crippen LogP) is -1.74. The molecule has 0 bridgehead atoms. The van der Waals surface area contributed by atoms with Crippen LogP contribution in [0.15, 0.2) is 0 Å². The third-order valence-corrected chi connectivity index (χ3v) is 3.51. The normalized spacial score (nSPS) is 13.3. The second kappa shape index (κ2) is 10.1. The van der Waals surface area contributed by atoms with Gasteiger partial charge in [0, 0.05) is 11.9 Å². The first-order chi connectivity index (χ1) is 6.52. The fraction of sp³-hybridized carbons (Fsp3) is 1.00. The molecule has 0 aromatic rings. The molecule has 0 heterocycles. The van der Waals surface area contributed by atoms with E-state index in [2.05, 4.69) is 0 Å². The number of aliphatic hydroxyl groups excluding tert-OH is 1. The van der Waals surface area contributed by atoms with Crippen molar-refractivity contribution >= 4 is 10.1 Å². The summed E-state index contributed by atoms with van der Waals surface area (Å²) in [5.41, 5.74) is 0. The van der Waals surface area contributed by atoms with Crippen molar-refractivity contribution in [3.05, 3.63) is 0 Å². The van der Waals surface area contributed by atoms with Crippen LogP contribution in [0.2, 0.25) is 0 Å². The van der Waals surface area contributed by atoms with Crippen LogP contribution in [0.5, 0.6) is 0 Å². The molecule has 0 spiro atoms. The van der Waals surface area contributed by atoms with E-state index in [0.717, 1.165) is 12.8 Å². The summed E-state index contributed by atoms with van der Waals surface area (Å²) in [6.07, 6.45) is 3.67. The zero-order chi connectivity index (χ0) is 11.0. The Morgan fingerprint density at radius 3 is 2.13 bits per heavy atom. The van der Waals surface area contributed by atoms with Gasteiger partial charge in [-0.2, -0.15) is 0 Å². The van der Waals surface area contributed by atoms with Crippen molar-refractivity contribution in [1.29, 1.82) is 0 Å². The Hall–Kier alpha value is 0.870. The quantitative estimate of drug-likeness (QED) is 0.313. The summed E-state index contributed by atoms with van der Waals surface area (Å²) in [6, 6.07) is 0. The van der Waals surface area contributed by atoms with Crippen LogP contribution in [0.25, 0.3) is 0 Å². The van der Waals surface area contributed by atoms with Crippen LogP contribution in [0, 0.1) is 0 Å². The van der Waals surface area contributed by atoms with Crippen molar-refractivity contribution in [1.82, 2.24) is 0 Å². The van der Waals surface area contributed by atoms with Crippen LogP contribution in [-0.2, 0) is 10.1 Å². The number of rotatable bonds is 8. The van der Waals surface area contributed by atoms with Gasteiger partial charge < -0.3 is 9.66 Å². The maximum absolute atomic E-state index is 10.8. The molecule has 0 aromatic heterocycles. The average Bonchev–Trinajstić information content (AvgIpc) is 2.09. The molecular weight excluding hydrogens is 227 g/mol. The summed E-state index contributed by atoms with van der Waals surface area (Å²) in [5.74, 6) is 0. The van der Waals surface area contributed by atoms with Gasteiger partial charge in [-0.3, -0.25) is 0 Å². The molecule has 15 heavy (non-hydrogen) atoms. The number of hydrogen-bond acceptors (Lipinski definition) is 4. The van der Waals surface area contributed by atoms with Crippen LogP contribution in [-0.4, -0.2) is 29.9 Å². The van der Waals surface area contributed by atoms with Gasteiger partial charge in [0.1, 0.15) is 0 Å². The molecule has 0 saturated heterocycles. The van der Waals surface area contributed by atoms with E-state index in [9.17, 15) is 13.0 Å². The van der Waals surface area contributed by atoms with Crippen LogP contribution in [0.1, 0.15) is 45.4 Å². The summed E-state index contributed by atoms with van der Waals surface area (Å²) < 4.78 is 32.4. The Labute approximate surface area is 114 Å². The summed E-state index contributed by atoms with van der Waals surface area (Å²) in [5, 5.41) is 7.77. The summed E-state index contributed by atoms with van der Waals surface area (Å²) in [7, 11) is -4.15. The minimum Gasteiger partial charge on any atom is -0.748 e. The zero-order valence-corrected chi connectivity index (χ0v) is 12.4. The number of hydrogen-bond donors (Lipinski definition) is 1. The molecule has 0 aliphatic heterocycles. The number of aliphatic hydroxyl groups is 1. The molecule has 86 valence electrons. The standard InChI is InChI=1S/C9H20O4S.Na/c1-2-3-6-9(14(11,12)13)7-4-5-8-10;/h9-10H,2-8H2,1H3,(H,11,12,13);/q;+1/p-1. The molecule has 0 rings (SSSR count). The Kier molecular flexibility index (Phi) is 12.2. The molecule has 0 amide bonds. The molecule has 0 fully saturated rings. The van der Waals surface area contributed by atoms with E-state index in [4.69, 9.17) is 5.11 Å². The topological polar surface area (TPSA) is 77.4 Å². The Morgan fingerprint density at radius 2 is 1.73 bits per heavy atom. The molecule has 1 atom stereocenters.